The first-order chi connectivity index (χ1) is 13.8. The Morgan fingerprint density at radius 3 is 1.66 bits per heavy atom. The van der Waals surface area contributed by atoms with Crippen LogP contribution in [-0.4, -0.2) is 40.0 Å². The molecule has 152 valence electrons. The molecule has 0 spiro atoms. The zero-order valence-electron chi connectivity index (χ0n) is 17.2. The van der Waals surface area contributed by atoms with Gasteiger partial charge in [0.1, 0.15) is 0 Å². The van der Waals surface area contributed by atoms with Crippen LogP contribution in [0.2, 0.25) is 0 Å². The van der Waals surface area contributed by atoms with Gasteiger partial charge in [-0.25, -0.2) is 0 Å². The van der Waals surface area contributed by atoms with Crippen LogP contribution in [0.15, 0.2) is 48.5 Å². The predicted octanol–water partition coefficient (Wildman–Crippen LogP) is 3.94. The van der Waals surface area contributed by atoms with Crippen molar-refractivity contribution < 1.29 is 8.42 Å². The van der Waals surface area contributed by atoms with E-state index < -0.39 is 21.6 Å². The third-order valence-electron chi connectivity index (χ3n) is 5.74. The SMILES string of the molecule is CN(C)c1cc2nc(c1)C(S(C)=O)Cc1cccc3c(cccc13)CC2S(C)=O. The Morgan fingerprint density at radius 2 is 1.28 bits per heavy atom. The lowest BCUT2D eigenvalue weighted by molar-refractivity contribution is 0.669. The van der Waals surface area contributed by atoms with E-state index in [-0.39, 0.29) is 10.5 Å². The first-order valence-electron chi connectivity index (χ1n) is 9.68. The van der Waals surface area contributed by atoms with E-state index in [0.29, 0.717) is 12.8 Å². The first kappa shape index (κ1) is 20.2. The van der Waals surface area contributed by atoms with Crippen molar-refractivity contribution in [2.45, 2.75) is 23.3 Å². The number of anilines is 1. The van der Waals surface area contributed by atoms with Gasteiger partial charge in [0.15, 0.2) is 0 Å². The first-order valence-corrected chi connectivity index (χ1v) is 12.9. The Hall–Kier alpha value is -2.05. The molecule has 0 saturated heterocycles. The Bertz CT molecular complexity index is 1050. The molecule has 1 aromatic heterocycles. The van der Waals surface area contributed by atoms with Crippen molar-refractivity contribution in [3.05, 3.63) is 71.0 Å². The summed E-state index contributed by atoms with van der Waals surface area (Å²) in [4.78, 5) is 6.96. The number of rotatable bonds is 3. The fourth-order valence-corrected chi connectivity index (χ4v) is 5.88. The highest BCUT2D eigenvalue weighted by molar-refractivity contribution is 7.84. The van der Waals surface area contributed by atoms with Gasteiger partial charge in [-0.2, -0.15) is 0 Å². The second kappa shape index (κ2) is 8.00. The Labute approximate surface area is 177 Å². The lowest BCUT2D eigenvalue weighted by Crippen LogP contribution is -2.18. The molecular weight excluding hydrogens is 400 g/mol. The molecule has 4 atom stereocenters. The molecule has 2 heterocycles. The van der Waals surface area contributed by atoms with Crippen LogP contribution in [-0.2, 0) is 34.4 Å². The highest BCUT2D eigenvalue weighted by atomic mass is 32.2. The van der Waals surface area contributed by atoms with Crippen molar-refractivity contribution in [2.75, 3.05) is 31.5 Å². The van der Waals surface area contributed by atoms with Crippen LogP contribution in [0.3, 0.4) is 0 Å². The molecule has 6 heteroatoms. The molecule has 1 aliphatic heterocycles. The van der Waals surface area contributed by atoms with Crippen LogP contribution in [0.1, 0.15) is 33.0 Å². The molecule has 3 aromatic rings. The zero-order valence-corrected chi connectivity index (χ0v) is 18.8. The summed E-state index contributed by atoms with van der Waals surface area (Å²) in [6, 6.07) is 16.7. The molecule has 2 aromatic carbocycles. The number of hydrogen-bond donors (Lipinski definition) is 0. The molecule has 0 fully saturated rings. The van der Waals surface area contributed by atoms with Gasteiger partial charge < -0.3 is 4.90 Å². The van der Waals surface area contributed by atoms with Crippen LogP contribution < -0.4 is 4.90 Å². The summed E-state index contributed by atoms with van der Waals surface area (Å²) >= 11 is 0. The summed E-state index contributed by atoms with van der Waals surface area (Å²) in [6.45, 7) is 0. The van der Waals surface area contributed by atoms with Crippen LogP contribution in [0.25, 0.3) is 10.8 Å². The smallest absolute Gasteiger partial charge is 0.0807 e. The van der Waals surface area contributed by atoms with Crippen molar-refractivity contribution in [2.24, 2.45) is 0 Å². The summed E-state index contributed by atoms with van der Waals surface area (Å²) < 4.78 is 25.6. The van der Waals surface area contributed by atoms with Gasteiger partial charge in [-0.3, -0.25) is 13.4 Å². The van der Waals surface area contributed by atoms with Crippen molar-refractivity contribution in [1.82, 2.24) is 4.98 Å². The summed E-state index contributed by atoms with van der Waals surface area (Å²) in [5.74, 6) is 0. The summed E-state index contributed by atoms with van der Waals surface area (Å²) in [5, 5.41) is 1.94. The van der Waals surface area contributed by atoms with Crippen LogP contribution in [0, 0.1) is 0 Å². The Morgan fingerprint density at radius 1 is 0.828 bits per heavy atom. The largest absolute Gasteiger partial charge is 0.378 e. The molecule has 0 N–H and O–H groups in total. The number of nitrogens with zero attached hydrogens (tertiary/aromatic N) is 2. The maximum Gasteiger partial charge on any atom is 0.0807 e. The van der Waals surface area contributed by atoms with Crippen molar-refractivity contribution in [3.8, 4) is 0 Å². The standard InChI is InChI=1S/C23H26N2O2S2/c1-25(2)17-13-20-22(28(3)26)11-15-7-5-10-19-16(8-6-9-18(15)19)12-23(29(4)27)21(14-17)24-20/h5-10,13-14,22-23H,11-12H2,1-4H3. The summed E-state index contributed by atoms with van der Waals surface area (Å²) in [6.07, 6.45) is 4.82. The Kier molecular flexibility index (Phi) is 5.58. The van der Waals surface area contributed by atoms with Crippen molar-refractivity contribution >= 4 is 38.1 Å². The van der Waals surface area contributed by atoms with Gasteiger partial charge in [0.2, 0.25) is 0 Å². The highest BCUT2D eigenvalue weighted by Gasteiger charge is 2.26. The number of benzene rings is 2. The molecule has 0 radical (unpaired) electrons. The fourth-order valence-electron chi connectivity index (χ4n) is 4.13. The topological polar surface area (TPSA) is 50.3 Å². The van der Waals surface area contributed by atoms with Gasteiger partial charge in [-0.1, -0.05) is 36.4 Å². The fraction of sp³-hybridized carbons (Fsp3) is 0.348. The average molecular weight is 427 g/mol. The lowest BCUT2D eigenvalue weighted by Gasteiger charge is -2.22. The molecule has 6 bridgehead atoms. The number of hydrogen-bond acceptors (Lipinski definition) is 4. The molecule has 0 saturated carbocycles. The minimum Gasteiger partial charge on any atom is -0.378 e. The molecule has 4 unspecified atom stereocenters. The predicted molar refractivity (Wildman–Crippen MR) is 124 cm³/mol. The third kappa shape index (κ3) is 3.88. The highest BCUT2D eigenvalue weighted by Crippen LogP contribution is 2.35. The van der Waals surface area contributed by atoms with Crippen LogP contribution in [0.4, 0.5) is 5.69 Å². The summed E-state index contributed by atoms with van der Waals surface area (Å²) in [7, 11) is 1.79. The molecule has 29 heavy (non-hydrogen) atoms. The number of fused-ring (bicyclic) bond motifs is 2. The molecule has 0 amide bonds. The van der Waals surface area contributed by atoms with E-state index in [1.165, 1.54) is 21.9 Å². The van der Waals surface area contributed by atoms with E-state index in [1.807, 2.05) is 31.1 Å². The number of aromatic nitrogens is 1. The van der Waals surface area contributed by atoms with Crippen molar-refractivity contribution in [1.29, 1.82) is 0 Å². The third-order valence-corrected chi connectivity index (χ3v) is 8.16. The van der Waals surface area contributed by atoms with E-state index in [4.69, 9.17) is 4.98 Å². The minimum atomic E-state index is -1.09. The second-order valence-electron chi connectivity index (χ2n) is 7.88. The van der Waals surface area contributed by atoms with Gasteiger partial charge in [0.25, 0.3) is 0 Å². The van der Waals surface area contributed by atoms with Crippen LogP contribution in [0.5, 0.6) is 0 Å². The quantitative estimate of drug-likeness (QED) is 0.637. The monoisotopic (exact) mass is 426 g/mol. The zero-order chi connectivity index (χ0) is 20.7. The molecule has 4 rings (SSSR count). The van der Waals surface area contributed by atoms with Crippen molar-refractivity contribution in [3.63, 3.8) is 0 Å². The van der Waals surface area contributed by atoms with E-state index in [9.17, 15) is 8.42 Å². The maximum atomic E-state index is 12.8. The van der Waals surface area contributed by atoms with Gasteiger partial charge >= 0.3 is 0 Å². The molecular formula is C23H26N2O2S2. The molecule has 4 nitrogen and oxygen atoms in total. The normalized spacial score (nSPS) is 20.8. The molecule has 1 aliphatic rings. The van der Waals surface area contributed by atoms with Gasteiger partial charge in [-0.15, -0.1) is 0 Å². The van der Waals surface area contributed by atoms with E-state index in [2.05, 4.69) is 36.4 Å². The lowest BCUT2D eigenvalue weighted by atomic mass is 9.95. The minimum absolute atomic E-state index is 0.216. The average Bonchev–Trinajstić information content (AvgIpc) is 2.69. The van der Waals surface area contributed by atoms with Gasteiger partial charge in [-0.05, 0) is 46.9 Å². The number of pyridine rings is 1. The van der Waals surface area contributed by atoms with Gasteiger partial charge in [0.05, 0.1) is 21.9 Å². The maximum absolute atomic E-state index is 12.8. The molecule has 0 aliphatic carbocycles. The second-order valence-corrected chi connectivity index (χ2v) is 11.0. The Balaban J connectivity index is 2.04. The summed E-state index contributed by atoms with van der Waals surface area (Å²) in [5.41, 5.74) is 4.99. The van der Waals surface area contributed by atoms with E-state index in [1.54, 1.807) is 12.5 Å². The van der Waals surface area contributed by atoms with E-state index in [0.717, 1.165) is 17.1 Å². The van der Waals surface area contributed by atoms with E-state index >= 15 is 0 Å². The van der Waals surface area contributed by atoms with Crippen LogP contribution >= 0.6 is 0 Å². The van der Waals surface area contributed by atoms with Gasteiger partial charge in [0, 0.05) is 53.9 Å².